The first-order chi connectivity index (χ1) is 9.87. The fourth-order valence-electron chi connectivity index (χ4n) is 2.03. The van der Waals surface area contributed by atoms with Gasteiger partial charge in [-0.25, -0.2) is 9.67 Å². The molecule has 0 radical (unpaired) electrons. The van der Waals surface area contributed by atoms with Gasteiger partial charge in [0.05, 0.1) is 10.7 Å². The van der Waals surface area contributed by atoms with Crippen molar-refractivity contribution in [3.63, 3.8) is 0 Å². The average Bonchev–Trinajstić information content (AvgIpc) is 2.83. The van der Waals surface area contributed by atoms with Gasteiger partial charge in [-0.2, -0.15) is 5.10 Å². The maximum absolute atomic E-state index is 4.70. The highest BCUT2D eigenvalue weighted by Crippen LogP contribution is 2.15. The van der Waals surface area contributed by atoms with Crippen molar-refractivity contribution in [2.75, 3.05) is 0 Å². The van der Waals surface area contributed by atoms with Gasteiger partial charge in [-0.1, -0.05) is 13.3 Å². The summed E-state index contributed by atoms with van der Waals surface area (Å²) in [6.07, 6.45) is 5.78. The zero-order chi connectivity index (χ0) is 15.5. The summed E-state index contributed by atoms with van der Waals surface area (Å²) in [5.74, 6) is 0.873. The molecule has 4 nitrogen and oxygen atoms in total. The van der Waals surface area contributed by atoms with E-state index in [4.69, 9.17) is 4.98 Å². The second-order valence-electron chi connectivity index (χ2n) is 6.28. The molecule has 2 aromatic heterocycles. The minimum absolute atomic E-state index is 0.100. The SMILES string of the molecule is CCCc1cc(CNC(C)(C)C)cc(-n2cc(Br)cn2)n1. The minimum atomic E-state index is 0.100. The van der Waals surface area contributed by atoms with E-state index in [1.54, 1.807) is 6.20 Å². The van der Waals surface area contributed by atoms with Crippen molar-refractivity contribution in [1.82, 2.24) is 20.1 Å². The summed E-state index contributed by atoms with van der Waals surface area (Å²) in [5.41, 5.74) is 2.46. The van der Waals surface area contributed by atoms with Crippen LogP contribution in [0.5, 0.6) is 0 Å². The first kappa shape index (κ1) is 16.2. The van der Waals surface area contributed by atoms with Gasteiger partial charge < -0.3 is 5.32 Å². The third-order valence-electron chi connectivity index (χ3n) is 3.04. The lowest BCUT2D eigenvalue weighted by molar-refractivity contribution is 0.424. The molecule has 0 unspecified atom stereocenters. The van der Waals surface area contributed by atoms with Crippen LogP contribution >= 0.6 is 15.9 Å². The zero-order valence-corrected chi connectivity index (χ0v) is 14.7. The van der Waals surface area contributed by atoms with Crippen molar-refractivity contribution in [1.29, 1.82) is 0 Å². The van der Waals surface area contributed by atoms with Crippen LogP contribution in [0.3, 0.4) is 0 Å². The van der Waals surface area contributed by atoms with Crippen LogP contribution in [0.4, 0.5) is 0 Å². The Balaban J connectivity index is 2.30. The number of aryl methyl sites for hydroxylation is 1. The monoisotopic (exact) mass is 350 g/mol. The van der Waals surface area contributed by atoms with E-state index >= 15 is 0 Å². The molecule has 0 spiro atoms. The van der Waals surface area contributed by atoms with Crippen LogP contribution in [-0.4, -0.2) is 20.3 Å². The van der Waals surface area contributed by atoms with Gasteiger partial charge in [0.2, 0.25) is 0 Å². The zero-order valence-electron chi connectivity index (χ0n) is 13.2. The van der Waals surface area contributed by atoms with Crippen LogP contribution in [0.25, 0.3) is 5.82 Å². The number of hydrogen-bond donors (Lipinski definition) is 1. The molecule has 0 fully saturated rings. The van der Waals surface area contributed by atoms with E-state index in [2.05, 4.69) is 66.2 Å². The summed E-state index contributed by atoms with van der Waals surface area (Å²) >= 11 is 3.43. The lowest BCUT2D eigenvalue weighted by Gasteiger charge is -2.21. The second-order valence-corrected chi connectivity index (χ2v) is 7.20. The highest BCUT2D eigenvalue weighted by molar-refractivity contribution is 9.10. The predicted molar refractivity (Wildman–Crippen MR) is 89.6 cm³/mol. The van der Waals surface area contributed by atoms with Crippen molar-refractivity contribution < 1.29 is 0 Å². The van der Waals surface area contributed by atoms with Gasteiger partial charge in [0.25, 0.3) is 0 Å². The molecule has 2 aromatic rings. The number of halogens is 1. The van der Waals surface area contributed by atoms with E-state index < -0.39 is 0 Å². The molecule has 0 aliphatic rings. The van der Waals surface area contributed by atoms with E-state index in [9.17, 15) is 0 Å². The Morgan fingerprint density at radius 3 is 2.62 bits per heavy atom. The number of hydrogen-bond acceptors (Lipinski definition) is 3. The fourth-order valence-corrected chi connectivity index (χ4v) is 2.32. The number of nitrogens with one attached hydrogen (secondary N) is 1. The summed E-state index contributed by atoms with van der Waals surface area (Å²) in [6.45, 7) is 9.52. The summed E-state index contributed by atoms with van der Waals surface area (Å²) < 4.78 is 2.77. The van der Waals surface area contributed by atoms with Gasteiger partial charge in [-0.3, -0.25) is 0 Å². The van der Waals surface area contributed by atoms with Gasteiger partial charge in [-0.15, -0.1) is 0 Å². The van der Waals surface area contributed by atoms with Gasteiger partial charge in [0.1, 0.15) is 0 Å². The predicted octanol–water partition coefficient (Wildman–Crippen LogP) is 3.87. The number of pyridine rings is 1. The average molecular weight is 351 g/mol. The molecule has 1 N–H and O–H groups in total. The first-order valence-corrected chi connectivity index (χ1v) is 8.12. The van der Waals surface area contributed by atoms with Crippen molar-refractivity contribution >= 4 is 15.9 Å². The summed E-state index contributed by atoms with van der Waals surface area (Å²) in [4.78, 5) is 4.70. The van der Waals surface area contributed by atoms with Crippen molar-refractivity contribution in [3.05, 3.63) is 40.3 Å². The second kappa shape index (κ2) is 6.71. The molecule has 0 atom stereocenters. The van der Waals surface area contributed by atoms with E-state index in [0.717, 1.165) is 35.4 Å². The Morgan fingerprint density at radius 1 is 1.29 bits per heavy atom. The lowest BCUT2D eigenvalue weighted by Crippen LogP contribution is -2.35. The van der Waals surface area contributed by atoms with Crippen LogP contribution in [0.2, 0.25) is 0 Å². The molecular weight excluding hydrogens is 328 g/mol. The number of nitrogens with zero attached hydrogens (tertiary/aromatic N) is 3. The molecule has 0 aromatic carbocycles. The van der Waals surface area contributed by atoms with E-state index in [1.165, 1.54) is 5.56 Å². The van der Waals surface area contributed by atoms with Crippen molar-refractivity contribution in [2.45, 2.75) is 52.6 Å². The standard InChI is InChI=1S/C16H23BrN4/c1-5-6-14-7-12(9-18-16(2,3)4)8-15(20-14)21-11-13(17)10-19-21/h7-8,10-11,18H,5-6,9H2,1-4H3. The maximum atomic E-state index is 4.70. The maximum Gasteiger partial charge on any atom is 0.153 e. The highest BCUT2D eigenvalue weighted by atomic mass is 79.9. The fraction of sp³-hybridized carbons (Fsp3) is 0.500. The Hall–Kier alpha value is -1.20. The van der Waals surface area contributed by atoms with E-state index in [0.29, 0.717) is 0 Å². The minimum Gasteiger partial charge on any atom is -0.308 e. The molecule has 0 amide bonds. The topological polar surface area (TPSA) is 42.7 Å². The molecule has 0 aliphatic heterocycles. The Bertz CT molecular complexity index is 599. The first-order valence-electron chi connectivity index (χ1n) is 7.33. The smallest absolute Gasteiger partial charge is 0.153 e. The van der Waals surface area contributed by atoms with Crippen molar-refractivity contribution in [3.8, 4) is 5.82 Å². The van der Waals surface area contributed by atoms with E-state index in [1.807, 2.05) is 10.9 Å². The summed E-state index contributed by atoms with van der Waals surface area (Å²) in [6, 6.07) is 4.28. The molecule has 2 rings (SSSR count). The number of aromatic nitrogens is 3. The lowest BCUT2D eigenvalue weighted by atomic mass is 10.1. The van der Waals surface area contributed by atoms with Gasteiger partial charge in [-0.05, 0) is 60.8 Å². The molecule has 21 heavy (non-hydrogen) atoms. The molecule has 0 bridgehead atoms. The van der Waals surface area contributed by atoms with Crippen LogP contribution in [0, 0.1) is 0 Å². The van der Waals surface area contributed by atoms with Crippen LogP contribution in [0.1, 0.15) is 45.4 Å². The normalized spacial score (nSPS) is 11.9. The molecule has 5 heteroatoms. The van der Waals surface area contributed by atoms with Crippen LogP contribution in [0.15, 0.2) is 29.0 Å². The summed E-state index contributed by atoms with van der Waals surface area (Å²) in [7, 11) is 0. The largest absolute Gasteiger partial charge is 0.308 e. The Kier molecular flexibility index (Phi) is 5.17. The van der Waals surface area contributed by atoms with Gasteiger partial charge in [0.15, 0.2) is 5.82 Å². The Morgan fingerprint density at radius 2 is 2.05 bits per heavy atom. The molecule has 0 saturated heterocycles. The third kappa shape index (κ3) is 4.93. The van der Waals surface area contributed by atoms with Gasteiger partial charge >= 0.3 is 0 Å². The molecule has 0 saturated carbocycles. The van der Waals surface area contributed by atoms with Gasteiger partial charge in [0, 0.05) is 24.0 Å². The molecule has 114 valence electrons. The van der Waals surface area contributed by atoms with Crippen LogP contribution in [-0.2, 0) is 13.0 Å². The molecule has 0 aliphatic carbocycles. The quantitative estimate of drug-likeness (QED) is 0.889. The highest BCUT2D eigenvalue weighted by Gasteiger charge is 2.11. The van der Waals surface area contributed by atoms with E-state index in [-0.39, 0.29) is 5.54 Å². The summed E-state index contributed by atoms with van der Waals surface area (Å²) in [5, 5.41) is 7.85. The van der Waals surface area contributed by atoms with Crippen molar-refractivity contribution in [2.24, 2.45) is 0 Å². The third-order valence-corrected chi connectivity index (χ3v) is 3.45. The van der Waals surface area contributed by atoms with Crippen LogP contribution < -0.4 is 5.32 Å². The molecule has 2 heterocycles. The number of rotatable bonds is 5. The molecular formula is C16H23BrN4. The Labute approximate surface area is 135 Å².